The first-order chi connectivity index (χ1) is 16.2. The van der Waals surface area contributed by atoms with Gasteiger partial charge in [0.25, 0.3) is 0 Å². The topological polar surface area (TPSA) is 48.5 Å². The van der Waals surface area contributed by atoms with E-state index in [4.69, 9.17) is 0 Å². The first kappa shape index (κ1) is 22.4. The van der Waals surface area contributed by atoms with Gasteiger partial charge in [0.05, 0.1) is 17.9 Å². The predicted molar refractivity (Wildman–Crippen MR) is 133 cm³/mol. The number of amides is 1. The zero-order chi connectivity index (χ0) is 22.6. The van der Waals surface area contributed by atoms with Gasteiger partial charge in [0.2, 0.25) is 5.91 Å². The van der Waals surface area contributed by atoms with Crippen molar-refractivity contribution in [3.05, 3.63) is 59.9 Å². The Balaban J connectivity index is 1.24. The Kier molecular flexibility index (Phi) is 6.96. The summed E-state index contributed by atoms with van der Waals surface area (Å²) in [6, 6.07) is 14.0. The molecule has 1 aliphatic carbocycles. The van der Waals surface area contributed by atoms with Gasteiger partial charge in [-0.1, -0.05) is 49.6 Å². The van der Waals surface area contributed by atoms with Gasteiger partial charge >= 0.3 is 0 Å². The number of anilines is 1. The Morgan fingerprint density at radius 3 is 2.45 bits per heavy atom. The summed E-state index contributed by atoms with van der Waals surface area (Å²) in [6.07, 6.45) is 13.2. The molecule has 1 N–H and O–H groups in total. The number of hydrogen-bond acceptors (Lipinski definition) is 4. The van der Waals surface area contributed by atoms with Crippen LogP contribution >= 0.6 is 0 Å². The van der Waals surface area contributed by atoms with E-state index in [1.807, 2.05) is 12.4 Å². The summed E-state index contributed by atoms with van der Waals surface area (Å²) < 4.78 is 0. The molecule has 33 heavy (non-hydrogen) atoms. The summed E-state index contributed by atoms with van der Waals surface area (Å²) in [4.78, 5) is 22.7. The molecule has 2 saturated heterocycles. The van der Waals surface area contributed by atoms with Crippen LogP contribution in [0.5, 0.6) is 0 Å². The Hall–Kier alpha value is -2.40. The number of pyridine rings is 1. The maximum absolute atomic E-state index is 13.1. The molecule has 3 heterocycles. The van der Waals surface area contributed by atoms with Gasteiger partial charge in [-0.15, -0.1) is 0 Å². The minimum absolute atomic E-state index is 0.0959. The monoisotopic (exact) mass is 446 g/mol. The molecule has 5 heteroatoms. The SMILES string of the molecule is Cc1ccncc1N1CC2CCC(C1)N2CCC(NC(=O)C1CCCCC1)c1ccccc1. The van der Waals surface area contributed by atoms with Crippen LogP contribution in [-0.2, 0) is 4.79 Å². The minimum atomic E-state index is 0.0959. The van der Waals surface area contributed by atoms with Crippen molar-refractivity contribution in [1.82, 2.24) is 15.2 Å². The third kappa shape index (κ3) is 5.08. The van der Waals surface area contributed by atoms with Gasteiger partial charge in [-0.25, -0.2) is 0 Å². The smallest absolute Gasteiger partial charge is 0.223 e. The van der Waals surface area contributed by atoms with E-state index in [9.17, 15) is 4.79 Å². The van der Waals surface area contributed by atoms with E-state index in [0.29, 0.717) is 12.1 Å². The first-order valence-corrected chi connectivity index (χ1v) is 13.0. The molecule has 2 aromatic rings. The molecule has 3 aliphatic rings. The molecule has 1 aromatic heterocycles. The van der Waals surface area contributed by atoms with Gasteiger partial charge in [-0.3, -0.25) is 14.7 Å². The van der Waals surface area contributed by atoms with Crippen molar-refractivity contribution >= 4 is 11.6 Å². The highest BCUT2D eigenvalue weighted by Crippen LogP contribution is 2.34. The standard InChI is InChI=1S/C28H38N4O/c1-21-14-16-29-18-27(21)31-19-24-12-13-25(20-31)32(24)17-15-26(22-8-4-2-5-9-22)30-28(33)23-10-6-3-7-11-23/h2,4-5,8-9,14,16,18,23-26H,3,6-7,10-13,15,17,19-20H2,1H3,(H,30,33). The van der Waals surface area contributed by atoms with E-state index in [-0.39, 0.29) is 17.9 Å². The molecule has 5 rings (SSSR count). The number of carbonyl (C=O) groups is 1. The number of aromatic nitrogens is 1. The van der Waals surface area contributed by atoms with Crippen molar-refractivity contribution in [2.24, 2.45) is 5.92 Å². The lowest BCUT2D eigenvalue weighted by molar-refractivity contribution is -0.126. The van der Waals surface area contributed by atoms with Gasteiger partial charge in [0.15, 0.2) is 0 Å². The highest BCUT2D eigenvalue weighted by molar-refractivity contribution is 5.79. The molecule has 2 aliphatic heterocycles. The number of aryl methyl sites for hydroxylation is 1. The van der Waals surface area contributed by atoms with Crippen LogP contribution in [0.25, 0.3) is 0 Å². The van der Waals surface area contributed by atoms with E-state index in [1.165, 1.54) is 48.9 Å². The highest BCUT2D eigenvalue weighted by Gasteiger charge is 2.40. The predicted octanol–water partition coefficient (Wildman–Crippen LogP) is 4.87. The fourth-order valence-electron chi connectivity index (χ4n) is 6.28. The molecule has 3 atom stereocenters. The van der Waals surface area contributed by atoms with Crippen LogP contribution in [0.1, 0.15) is 68.5 Å². The van der Waals surface area contributed by atoms with Crippen LogP contribution in [-0.4, -0.2) is 47.5 Å². The number of carbonyl (C=O) groups excluding carboxylic acids is 1. The molecule has 1 saturated carbocycles. The normalized spacial score (nSPS) is 24.6. The van der Waals surface area contributed by atoms with Gasteiger partial charge in [-0.2, -0.15) is 0 Å². The third-order valence-electron chi connectivity index (χ3n) is 8.16. The van der Waals surface area contributed by atoms with Crippen molar-refractivity contribution in [2.75, 3.05) is 24.5 Å². The average Bonchev–Trinajstić information content (AvgIpc) is 3.09. The van der Waals surface area contributed by atoms with Crippen molar-refractivity contribution in [3.63, 3.8) is 0 Å². The average molecular weight is 447 g/mol. The Labute approximate surface area is 198 Å². The molecule has 1 amide bonds. The number of nitrogens with zero attached hydrogens (tertiary/aromatic N) is 3. The van der Waals surface area contributed by atoms with Crippen molar-refractivity contribution < 1.29 is 4.79 Å². The number of benzene rings is 1. The molecule has 3 fully saturated rings. The lowest BCUT2D eigenvalue weighted by Crippen LogP contribution is -2.54. The Morgan fingerprint density at radius 2 is 1.76 bits per heavy atom. The summed E-state index contributed by atoms with van der Waals surface area (Å²) >= 11 is 0. The number of piperazine rings is 1. The van der Waals surface area contributed by atoms with Crippen LogP contribution in [0.3, 0.4) is 0 Å². The number of hydrogen-bond donors (Lipinski definition) is 1. The molecule has 5 nitrogen and oxygen atoms in total. The van der Waals surface area contributed by atoms with Gasteiger partial charge in [0, 0.05) is 43.8 Å². The van der Waals surface area contributed by atoms with E-state index < -0.39 is 0 Å². The van der Waals surface area contributed by atoms with Crippen LogP contribution in [0.2, 0.25) is 0 Å². The fourth-order valence-corrected chi connectivity index (χ4v) is 6.28. The maximum Gasteiger partial charge on any atom is 0.223 e. The zero-order valence-corrected chi connectivity index (χ0v) is 20.0. The molecule has 0 radical (unpaired) electrons. The number of rotatable bonds is 7. The minimum Gasteiger partial charge on any atom is -0.367 e. The summed E-state index contributed by atoms with van der Waals surface area (Å²) in [7, 11) is 0. The lowest BCUT2D eigenvalue weighted by Gasteiger charge is -2.43. The summed E-state index contributed by atoms with van der Waals surface area (Å²) in [5.74, 6) is 0.468. The van der Waals surface area contributed by atoms with Crippen LogP contribution in [0.4, 0.5) is 5.69 Å². The molecule has 1 aromatic carbocycles. The van der Waals surface area contributed by atoms with Crippen molar-refractivity contribution in [2.45, 2.75) is 76.4 Å². The summed E-state index contributed by atoms with van der Waals surface area (Å²) in [5, 5.41) is 3.45. The second-order valence-corrected chi connectivity index (χ2v) is 10.3. The second kappa shape index (κ2) is 10.3. The van der Waals surface area contributed by atoms with Gasteiger partial charge < -0.3 is 10.2 Å². The highest BCUT2D eigenvalue weighted by atomic mass is 16.1. The zero-order valence-electron chi connectivity index (χ0n) is 20.0. The van der Waals surface area contributed by atoms with Gasteiger partial charge in [0.1, 0.15) is 0 Å². The summed E-state index contributed by atoms with van der Waals surface area (Å²) in [5.41, 5.74) is 3.84. The largest absolute Gasteiger partial charge is 0.367 e. The van der Waals surface area contributed by atoms with E-state index in [1.54, 1.807) is 0 Å². The number of nitrogens with one attached hydrogen (secondary N) is 1. The van der Waals surface area contributed by atoms with Gasteiger partial charge in [-0.05, 0) is 56.2 Å². The first-order valence-electron chi connectivity index (χ1n) is 13.0. The molecule has 176 valence electrons. The molecular weight excluding hydrogens is 408 g/mol. The van der Waals surface area contributed by atoms with Crippen LogP contribution in [0.15, 0.2) is 48.8 Å². The van der Waals surface area contributed by atoms with Crippen LogP contribution < -0.4 is 10.2 Å². The second-order valence-electron chi connectivity index (χ2n) is 10.3. The quantitative estimate of drug-likeness (QED) is 0.659. The maximum atomic E-state index is 13.1. The van der Waals surface area contributed by atoms with E-state index in [2.05, 4.69) is 63.4 Å². The van der Waals surface area contributed by atoms with E-state index >= 15 is 0 Å². The van der Waals surface area contributed by atoms with Crippen molar-refractivity contribution in [3.8, 4) is 0 Å². The Morgan fingerprint density at radius 1 is 1.03 bits per heavy atom. The Bertz CT molecular complexity index is 913. The number of fused-ring (bicyclic) bond motifs is 2. The van der Waals surface area contributed by atoms with Crippen LogP contribution in [0, 0.1) is 12.8 Å². The molecular formula is C28H38N4O. The fraction of sp³-hybridized carbons (Fsp3) is 0.571. The molecule has 0 spiro atoms. The molecule has 2 bridgehead atoms. The molecule has 3 unspecified atom stereocenters. The lowest BCUT2D eigenvalue weighted by atomic mass is 9.88. The third-order valence-corrected chi connectivity index (χ3v) is 8.16. The summed E-state index contributed by atoms with van der Waals surface area (Å²) in [6.45, 7) is 5.38. The van der Waals surface area contributed by atoms with Crippen molar-refractivity contribution in [1.29, 1.82) is 0 Å². The van der Waals surface area contributed by atoms with E-state index in [0.717, 1.165) is 38.9 Å².